The fraction of sp³-hybridized carbons (Fsp3) is 1.00. The van der Waals surface area contributed by atoms with Crippen LogP contribution in [0.4, 0.5) is 0 Å². The molecule has 0 saturated heterocycles. The third-order valence-corrected chi connectivity index (χ3v) is 6.82. The Bertz CT molecular complexity index is 335. The topological polar surface area (TPSA) is 9.23 Å². The zero-order chi connectivity index (χ0) is 13.1. The summed E-state index contributed by atoms with van der Waals surface area (Å²) >= 11 is 0. The highest BCUT2D eigenvalue weighted by Gasteiger charge is 2.66. The van der Waals surface area contributed by atoms with Crippen LogP contribution < -0.4 is 0 Å². The molecule has 0 aliphatic heterocycles. The van der Waals surface area contributed by atoms with Crippen molar-refractivity contribution in [2.24, 2.45) is 35.0 Å². The Morgan fingerprint density at radius 1 is 1.06 bits per heavy atom. The van der Waals surface area contributed by atoms with Gasteiger partial charge in [-0.05, 0) is 68.1 Å². The van der Waals surface area contributed by atoms with Crippen LogP contribution in [0.15, 0.2) is 0 Å². The number of hydrogen-bond acceptors (Lipinski definition) is 1. The van der Waals surface area contributed by atoms with Gasteiger partial charge in [-0.2, -0.15) is 0 Å². The molecule has 18 heavy (non-hydrogen) atoms. The van der Waals surface area contributed by atoms with E-state index in [1.165, 1.54) is 25.7 Å². The lowest BCUT2D eigenvalue weighted by Crippen LogP contribution is -2.41. The first kappa shape index (κ1) is 13.0. The molecule has 3 aliphatic rings. The van der Waals surface area contributed by atoms with Gasteiger partial charge in [0.15, 0.2) is 0 Å². The average Bonchev–Trinajstić information content (AvgIpc) is 2.65. The molecular formula is C17H30O. The second-order valence-corrected chi connectivity index (χ2v) is 7.98. The number of ether oxygens (including phenoxy) is 1. The van der Waals surface area contributed by atoms with Gasteiger partial charge < -0.3 is 4.74 Å². The van der Waals surface area contributed by atoms with E-state index in [9.17, 15) is 0 Å². The van der Waals surface area contributed by atoms with Crippen molar-refractivity contribution >= 4 is 0 Å². The molecule has 3 rings (SSSR count). The maximum atomic E-state index is 6.25. The molecule has 0 aromatic rings. The van der Waals surface area contributed by atoms with E-state index in [0.717, 1.165) is 36.2 Å². The minimum atomic E-state index is 0.174. The van der Waals surface area contributed by atoms with E-state index in [-0.39, 0.29) is 5.60 Å². The Balaban J connectivity index is 1.90. The first-order valence-electron chi connectivity index (χ1n) is 8.05. The van der Waals surface area contributed by atoms with Crippen LogP contribution in [0.25, 0.3) is 0 Å². The van der Waals surface area contributed by atoms with E-state index in [1.54, 1.807) is 0 Å². The molecule has 3 aliphatic carbocycles. The number of fused-ring (bicyclic) bond motifs is 3. The second-order valence-electron chi connectivity index (χ2n) is 7.98. The fourth-order valence-electron chi connectivity index (χ4n) is 5.78. The number of hydrogen-bond donors (Lipinski definition) is 0. The van der Waals surface area contributed by atoms with Gasteiger partial charge in [0.25, 0.3) is 0 Å². The van der Waals surface area contributed by atoms with Crippen molar-refractivity contribution in [1.82, 2.24) is 0 Å². The van der Waals surface area contributed by atoms with Gasteiger partial charge in [-0.1, -0.05) is 27.2 Å². The quantitative estimate of drug-likeness (QED) is 0.700. The van der Waals surface area contributed by atoms with Crippen molar-refractivity contribution < 1.29 is 4.74 Å². The summed E-state index contributed by atoms with van der Waals surface area (Å²) in [6.45, 7) is 13.0. The Morgan fingerprint density at radius 2 is 1.78 bits per heavy atom. The SMILES string of the molecule is CCO[C@]1(C)CC[C@@H]2[C@H]([C@@H]3[C@H](C)CC[C@H]31)C2(C)C. The molecule has 0 N–H and O–H groups in total. The zero-order valence-electron chi connectivity index (χ0n) is 12.8. The Hall–Kier alpha value is -0.0400. The Morgan fingerprint density at radius 3 is 2.44 bits per heavy atom. The van der Waals surface area contributed by atoms with Crippen LogP contribution >= 0.6 is 0 Å². The standard InChI is InChI=1S/C17H30O/c1-6-18-17(5)10-9-13-15(16(13,3)4)14-11(2)7-8-12(14)17/h11-15H,6-10H2,1-5H3/t11-,12-,13-,14-,15-,17-/m1/s1. The first-order chi connectivity index (χ1) is 8.42. The molecule has 1 nitrogen and oxygen atoms in total. The molecule has 0 aromatic heterocycles. The molecule has 0 amide bonds. The van der Waals surface area contributed by atoms with E-state index in [2.05, 4.69) is 34.6 Å². The van der Waals surface area contributed by atoms with Gasteiger partial charge in [0, 0.05) is 6.61 Å². The molecule has 3 saturated carbocycles. The van der Waals surface area contributed by atoms with Crippen molar-refractivity contribution in [1.29, 1.82) is 0 Å². The molecule has 104 valence electrons. The number of rotatable bonds is 2. The average molecular weight is 250 g/mol. The highest BCUT2D eigenvalue weighted by Crippen LogP contribution is 2.71. The summed E-state index contributed by atoms with van der Waals surface area (Å²) in [7, 11) is 0. The summed E-state index contributed by atoms with van der Waals surface area (Å²) in [6.07, 6.45) is 5.52. The lowest BCUT2D eigenvalue weighted by atomic mass is 9.74. The Labute approximate surface area is 113 Å². The van der Waals surface area contributed by atoms with Gasteiger partial charge in [0.05, 0.1) is 5.60 Å². The van der Waals surface area contributed by atoms with Crippen molar-refractivity contribution in [2.75, 3.05) is 6.61 Å². The van der Waals surface area contributed by atoms with Gasteiger partial charge in [0.2, 0.25) is 0 Å². The van der Waals surface area contributed by atoms with Crippen molar-refractivity contribution in [3.8, 4) is 0 Å². The van der Waals surface area contributed by atoms with E-state index < -0.39 is 0 Å². The van der Waals surface area contributed by atoms with Crippen molar-refractivity contribution in [3.05, 3.63) is 0 Å². The van der Waals surface area contributed by atoms with Crippen LogP contribution in [0.3, 0.4) is 0 Å². The van der Waals surface area contributed by atoms with E-state index in [1.807, 2.05) is 0 Å². The third kappa shape index (κ3) is 1.62. The summed E-state index contributed by atoms with van der Waals surface area (Å²) in [5, 5.41) is 0. The molecule has 0 radical (unpaired) electrons. The van der Waals surface area contributed by atoms with Crippen LogP contribution in [0.5, 0.6) is 0 Å². The monoisotopic (exact) mass is 250 g/mol. The lowest BCUT2D eigenvalue weighted by molar-refractivity contribution is -0.0882. The lowest BCUT2D eigenvalue weighted by Gasteiger charge is -2.39. The first-order valence-corrected chi connectivity index (χ1v) is 8.05. The van der Waals surface area contributed by atoms with Crippen LogP contribution in [0.1, 0.15) is 60.3 Å². The largest absolute Gasteiger partial charge is 0.375 e. The summed E-state index contributed by atoms with van der Waals surface area (Å²) < 4.78 is 6.25. The Kier molecular flexibility index (Phi) is 2.86. The summed E-state index contributed by atoms with van der Waals surface area (Å²) in [6, 6.07) is 0. The molecular weight excluding hydrogens is 220 g/mol. The van der Waals surface area contributed by atoms with Crippen LogP contribution in [-0.2, 0) is 4.74 Å². The summed E-state index contributed by atoms with van der Waals surface area (Å²) in [4.78, 5) is 0. The van der Waals surface area contributed by atoms with Gasteiger partial charge in [-0.3, -0.25) is 0 Å². The molecule has 6 atom stereocenters. The van der Waals surface area contributed by atoms with Gasteiger partial charge in [0.1, 0.15) is 0 Å². The van der Waals surface area contributed by atoms with Crippen molar-refractivity contribution in [3.63, 3.8) is 0 Å². The van der Waals surface area contributed by atoms with E-state index in [0.29, 0.717) is 5.41 Å². The van der Waals surface area contributed by atoms with Crippen LogP contribution in [0, 0.1) is 35.0 Å². The minimum Gasteiger partial charge on any atom is -0.375 e. The zero-order valence-corrected chi connectivity index (χ0v) is 12.8. The van der Waals surface area contributed by atoms with Crippen LogP contribution in [0.2, 0.25) is 0 Å². The smallest absolute Gasteiger partial charge is 0.0685 e. The molecule has 0 bridgehead atoms. The summed E-state index contributed by atoms with van der Waals surface area (Å²) in [5.41, 5.74) is 0.794. The minimum absolute atomic E-state index is 0.174. The predicted molar refractivity (Wildman–Crippen MR) is 75.4 cm³/mol. The third-order valence-electron chi connectivity index (χ3n) is 6.82. The molecule has 0 aromatic carbocycles. The van der Waals surface area contributed by atoms with E-state index in [4.69, 9.17) is 4.74 Å². The van der Waals surface area contributed by atoms with Gasteiger partial charge in [-0.25, -0.2) is 0 Å². The second kappa shape index (κ2) is 3.98. The maximum absolute atomic E-state index is 6.25. The summed E-state index contributed by atoms with van der Waals surface area (Å²) in [5.74, 6) is 4.64. The van der Waals surface area contributed by atoms with Crippen molar-refractivity contribution in [2.45, 2.75) is 65.9 Å². The van der Waals surface area contributed by atoms with E-state index >= 15 is 0 Å². The molecule has 0 heterocycles. The fourth-order valence-corrected chi connectivity index (χ4v) is 5.78. The van der Waals surface area contributed by atoms with Gasteiger partial charge >= 0.3 is 0 Å². The van der Waals surface area contributed by atoms with Gasteiger partial charge in [-0.15, -0.1) is 0 Å². The molecule has 0 unspecified atom stereocenters. The molecule has 0 spiro atoms. The molecule has 3 fully saturated rings. The highest BCUT2D eigenvalue weighted by molar-refractivity contribution is 5.15. The predicted octanol–water partition coefficient (Wildman–Crippen LogP) is 4.51. The highest BCUT2D eigenvalue weighted by atomic mass is 16.5. The maximum Gasteiger partial charge on any atom is 0.0685 e. The molecule has 1 heteroatoms. The normalized spacial score (nSPS) is 53.5. The van der Waals surface area contributed by atoms with Crippen LogP contribution in [-0.4, -0.2) is 12.2 Å².